The third-order valence-corrected chi connectivity index (χ3v) is 5.84. The summed E-state index contributed by atoms with van der Waals surface area (Å²) in [6, 6.07) is 2.14. The summed E-state index contributed by atoms with van der Waals surface area (Å²) in [6.07, 6.45) is -0.944. The Hall–Kier alpha value is -3.70. The van der Waals surface area contributed by atoms with E-state index in [1.165, 1.54) is 29.2 Å². The van der Waals surface area contributed by atoms with Crippen LogP contribution in [-0.2, 0) is 17.5 Å². The Kier molecular flexibility index (Phi) is 6.63. The lowest BCUT2D eigenvalue weighted by Gasteiger charge is -2.37. The number of alkyl halides is 3. The molecule has 192 valence electrons. The van der Waals surface area contributed by atoms with Crippen molar-refractivity contribution in [2.75, 3.05) is 31.1 Å². The highest BCUT2D eigenvalue weighted by Crippen LogP contribution is 2.32. The van der Waals surface area contributed by atoms with Gasteiger partial charge in [0.05, 0.1) is 17.8 Å². The summed E-state index contributed by atoms with van der Waals surface area (Å²) in [5, 5.41) is 0. The molecule has 1 aliphatic heterocycles. The second-order valence-corrected chi connectivity index (χ2v) is 9.54. The molecule has 0 saturated carbocycles. The molecule has 0 spiro atoms. The maximum atomic E-state index is 13.7. The van der Waals surface area contributed by atoms with Gasteiger partial charge in [-0.3, -0.25) is 19.3 Å². The molecule has 0 aliphatic carbocycles. The molecule has 4 rings (SSSR count). The molecular formula is C24H27F3N6O3. The van der Waals surface area contributed by atoms with Crippen molar-refractivity contribution < 1.29 is 22.7 Å². The fourth-order valence-electron chi connectivity index (χ4n) is 4.22. The molecule has 0 aromatic carbocycles. The summed E-state index contributed by atoms with van der Waals surface area (Å²) in [7, 11) is 0. The summed E-state index contributed by atoms with van der Waals surface area (Å²) >= 11 is 0. The number of halogens is 3. The van der Waals surface area contributed by atoms with Gasteiger partial charge in [0.1, 0.15) is 16.8 Å². The third-order valence-electron chi connectivity index (χ3n) is 5.84. The molecule has 1 amide bonds. The Bertz CT molecular complexity index is 1340. The SMILES string of the molecule is Cc1c(N2CCN(C(=O)OC(C)(C)C)CC2)c(=O)n(Cc2ncccc2C(F)(F)F)c2nccnc12. The van der Waals surface area contributed by atoms with E-state index in [4.69, 9.17) is 4.74 Å². The van der Waals surface area contributed by atoms with Gasteiger partial charge in [-0.25, -0.2) is 9.78 Å². The van der Waals surface area contributed by atoms with Crippen LogP contribution in [0.5, 0.6) is 0 Å². The molecule has 12 heteroatoms. The number of pyridine rings is 2. The lowest BCUT2D eigenvalue weighted by molar-refractivity contribution is -0.138. The summed E-state index contributed by atoms with van der Waals surface area (Å²) in [5.41, 5.74) is -0.855. The maximum Gasteiger partial charge on any atom is 0.418 e. The van der Waals surface area contributed by atoms with E-state index in [2.05, 4.69) is 15.0 Å². The molecule has 0 bridgehead atoms. The third kappa shape index (κ3) is 5.12. The van der Waals surface area contributed by atoms with Gasteiger partial charge in [0.2, 0.25) is 0 Å². The largest absolute Gasteiger partial charge is 0.444 e. The number of amides is 1. The minimum atomic E-state index is -4.62. The molecule has 4 heterocycles. The topological polar surface area (TPSA) is 93.5 Å². The zero-order valence-electron chi connectivity index (χ0n) is 20.5. The monoisotopic (exact) mass is 504 g/mol. The van der Waals surface area contributed by atoms with Gasteiger partial charge in [-0.05, 0) is 39.8 Å². The van der Waals surface area contributed by atoms with E-state index in [9.17, 15) is 22.8 Å². The van der Waals surface area contributed by atoms with Crippen LogP contribution in [0.4, 0.5) is 23.7 Å². The Morgan fingerprint density at radius 3 is 2.33 bits per heavy atom. The smallest absolute Gasteiger partial charge is 0.418 e. The number of aryl methyl sites for hydroxylation is 1. The van der Waals surface area contributed by atoms with Crippen LogP contribution >= 0.6 is 0 Å². The zero-order valence-corrected chi connectivity index (χ0v) is 20.5. The zero-order chi connectivity index (χ0) is 26.3. The average molecular weight is 505 g/mol. The summed E-state index contributed by atoms with van der Waals surface area (Å²) < 4.78 is 47.4. The van der Waals surface area contributed by atoms with Gasteiger partial charge in [0.25, 0.3) is 5.56 Å². The van der Waals surface area contributed by atoms with E-state index in [0.29, 0.717) is 42.9 Å². The predicted octanol–water partition coefficient (Wildman–Crippen LogP) is 3.62. The number of fused-ring (bicyclic) bond motifs is 1. The van der Waals surface area contributed by atoms with Crippen molar-refractivity contribution in [1.29, 1.82) is 0 Å². The molecule has 0 atom stereocenters. The van der Waals surface area contributed by atoms with E-state index < -0.39 is 35.5 Å². The number of anilines is 1. The number of piperazine rings is 1. The number of hydrogen-bond donors (Lipinski definition) is 0. The van der Waals surface area contributed by atoms with Gasteiger partial charge in [-0.2, -0.15) is 13.2 Å². The van der Waals surface area contributed by atoms with Crippen LogP contribution in [-0.4, -0.2) is 62.3 Å². The molecular weight excluding hydrogens is 477 g/mol. The van der Waals surface area contributed by atoms with E-state index in [-0.39, 0.29) is 11.3 Å². The number of hydrogen-bond acceptors (Lipinski definition) is 7. The highest BCUT2D eigenvalue weighted by molar-refractivity contribution is 5.80. The lowest BCUT2D eigenvalue weighted by Crippen LogP contribution is -2.51. The number of carbonyl (C=O) groups is 1. The number of aromatic nitrogens is 4. The highest BCUT2D eigenvalue weighted by atomic mass is 19.4. The van der Waals surface area contributed by atoms with Crippen molar-refractivity contribution in [3.63, 3.8) is 0 Å². The molecule has 0 N–H and O–H groups in total. The number of carbonyl (C=O) groups excluding carboxylic acids is 1. The minimum absolute atomic E-state index is 0.176. The molecule has 9 nitrogen and oxygen atoms in total. The number of ether oxygens (including phenoxy) is 1. The first-order valence-corrected chi connectivity index (χ1v) is 11.4. The second kappa shape index (κ2) is 9.40. The standard InChI is InChI=1S/C24H27F3N6O3/c1-15-18-20(30-9-8-29-18)33(14-17-16(24(25,26)27)6-5-7-28-17)21(34)19(15)31-10-12-32(13-11-31)22(35)36-23(2,3)4/h5-9H,10-14H2,1-4H3. The van der Waals surface area contributed by atoms with Crippen molar-refractivity contribution in [3.05, 3.63) is 57.9 Å². The average Bonchev–Trinajstić information content (AvgIpc) is 2.81. The Morgan fingerprint density at radius 1 is 1.03 bits per heavy atom. The summed E-state index contributed by atoms with van der Waals surface area (Å²) in [4.78, 5) is 42.1. The highest BCUT2D eigenvalue weighted by Gasteiger charge is 2.34. The van der Waals surface area contributed by atoms with E-state index in [1.807, 2.05) is 4.90 Å². The van der Waals surface area contributed by atoms with E-state index >= 15 is 0 Å². The van der Waals surface area contributed by atoms with Gasteiger partial charge < -0.3 is 14.5 Å². The van der Waals surface area contributed by atoms with Gasteiger partial charge >= 0.3 is 12.3 Å². The second-order valence-electron chi connectivity index (χ2n) is 9.54. The summed E-state index contributed by atoms with van der Waals surface area (Å²) in [6.45, 7) is 8.01. The van der Waals surface area contributed by atoms with Gasteiger partial charge in [0, 0.05) is 50.3 Å². The molecule has 1 saturated heterocycles. The fraction of sp³-hybridized carbons (Fsp3) is 0.458. The van der Waals surface area contributed by atoms with Crippen LogP contribution in [0, 0.1) is 6.92 Å². The normalized spacial score (nSPS) is 14.9. The summed E-state index contributed by atoms with van der Waals surface area (Å²) in [5.74, 6) is 0. The fourth-order valence-corrected chi connectivity index (χ4v) is 4.22. The first-order valence-electron chi connectivity index (χ1n) is 11.4. The van der Waals surface area contributed by atoms with Crippen LogP contribution in [0.15, 0.2) is 35.5 Å². The molecule has 36 heavy (non-hydrogen) atoms. The van der Waals surface area contributed by atoms with Crippen LogP contribution in [0.2, 0.25) is 0 Å². The van der Waals surface area contributed by atoms with Crippen molar-refractivity contribution in [2.24, 2.45) is 0 Å². The molecule has 0 unspecified atom stereocenters. The first kappa shape index (κ1) is 25.4. The number of nitrogens with zero attached hydrogens (tertiary/aromatic N) is 6. The van der Waals surface area contributed by atoms with E-state index in [1.54, 1.807) is 32.6 Å². The Balaban J connectivity index is 1.72. The van der Waals surface area contributed by atoms with Gasteiger partial charge in [0.15, 0.2) is 5.65 Å². The van der Waals surface area contributed by atoms with Crippen molar-refractivity contribution >= 4 is 22.9 Å². The molecule has 0 radical (unpaired) electrons. The first-order chi connectivity index (χ1) is 16.9. The maximum absolute atomic E-state index is 13.7. The van der Waals surface area contributed by atoms with Crippen molar-refractivity contribution in [3.8, 4) is 0 Å². The van der Waals surface area contributed by atoms with Crippen LogP contribution < -0.4 is 10.5 Å². The predicted molar refractivity (Wildman–Crippen MR) is 127 cm³/mol. The molecule has 3 aromatic heterocycles. The molecule has 1 aliphatic rings. The Labute approximate surface area is 205 Å². The molecule has 1 fully saturated rings. The van der Waals surface area contributed by atoms with Crippen LogP contribution in [0.3, 0.4) is 0 Å². The van der Waals surface area contributed by atoms with E-state index in [0.717, 1.165) is 6.07 Å². The van der Waals surface area contributed by atoms with Crippen LogP contribution in [0.1, 0.15) is 37.6 Å². The Morgan fingerprint density at radius 2 is 1.69 bits per heavy atom. The van der Waals surface area contributed by atoms with Crippen molar-refractivity contribution in [1.82, 2.24) is 24.4 Å². The van der Waals surface area contributed by atoms with Gasteiger partial charge in [-0.1, -0.05) is 0 Å². The number of rotatable bonds is 3. The quantitative estimate of drug-likeness (QED) is 0.538. The van der Waals surface area contributed by atoms with Crippen molar-refractivity contribution in [2.45, 2.75) is 46.0 Å². The molecule has 3 aromatic rings. The van der Waals surface area contributed by atoms with Crippen LogP contribution in [0.25, 0.3) is 11.2 Å². The minimum Gasteiger partial charge on any atom is -0.444 e. The van der Waals surface area contributed by atoms with Gasteiger partial charge in [-0.15, -0.1) is 0 Å². The lowest BCUT2D eigenvalue weighted by atomic mass is 10.1.